The standard InChI is InChI=1S/C20H31N3O2/c1-13(2)9-14(3)21-11-15-10-17-18(22-19(15)25-4)12-23(20(17)24)16-7-5-6-8-16/h10,13-14,16,21H,5-9,11-12H2,1-4H3/t14-/m0/s1. The number of amides is 1. The first kappa shape index (κ1) is 18.2. The summed E-state index contributed by atoms with van der Waals surface area (Å²) in [6.45, 7) is 7.96. The molecule has 1 N–H and O–H groups in total. The third-order valence-electron chi connectivity index (χ3n) is 5.38. The number of methoxy groups -OCH3 is 1. The number of rotatable bonds is 7. The Hall–Kier alpha value is -1.62. The quantitative estimate of drug-likeness (QED) is 0.821. The van der Waals surface area contributed by atoms with E-state index >= 15 is 0 Å². The van der Waals surface area contributed by atoms with Crippen LogP contribution < -0.4 is 10.1 Å². The molecule has 2 aliphatic rings. The molecular weight excluding hydrogens is 314 g/mol. The summed E-state index contributed by atoms with van der Waals surface area (Å²) >= 11 is 0. The Morgan fingerprint density at radius 3 is 2.68 bits per heavy atom. The van der Waals surface area contributed by atoms with Gasteiger partial charge in [0.2, 0.25) is 5.88 Å². The van der Waals surface area contributed by atoms with Crippen molar-refractivity contribution in [2.45, 2.75) is 78.0 Å². The molecule has 1 aliphatic carbocycles. The molecule has 0 bridgehead atoms. The Labute approximate surface area is 151 Å². The maximum absolute atomic E-state index is 12.8. The second-order valence-corrected chi connectivity index (χ2v) is 7.93. The number of ether oxygens (including phenoxy) is 1. The van der Waals surface area contributed by atoms with Gasteiger partial charge in [-0.05, 0) is 38.2 Å². The van der Waals surface area contributed by atoms with Crippen LogP contribution in [0.2, 0.25) is 0 Å². The first-order valence-corrected chi connectivity index (χ1v) is 9.60. The number of aromatic nitrogens is 1. The molecule has 2 heterocycles. The largest absolute Gasteiger partial charge is 0.481 e. The predicted octanol–water partition coefficient (Wildman–Crippen LogP) is 3.51. The van der Waals surface area contributed by atoms with Gasteiger partial charge < -0.3 is 15.0 Å². The molecule has 1 saturated carbocycles. The first-order chi connectivity index (χ1) is 12.0. The number of carbonyl (C=O) groups is 1. The fraction of sp³-hybridized carbons (Fsp3) is 0.700. The highest BCUT2D eigenvalue weighted by Gasteiger charge is 2.35. The predicted molar refractivity (Wildman–Crippen MR) is 98.7 cm³/mol. The number of nitrogens with one attached hydrogen (secondary N) is 1. The smallest absolute Gasteiger partial charge is 0.256 e. The molecule has 1 amide bonds. The van der Waals surface area contributed by atoms with E-state index in [9.17, 15) is 4.79 Å². The lowest BCUT2D eigenvalue weighted by Gasteiger charge is -2.22. The molecule has 0 radical (unpaired) electrons. The lowest BCUT2D eigenvalue weighted by molar-refractivity contribution is 0.0706. The van der Waals surface area contributed by atoms with Gasteiger partial charge in [0.25, 0.3) is 5.91 Å². The number of pyridine rings is 1. The number of nitrogens with zero attached hydrogens (tertiary/aromatic N) is 2. The monoisotopic (exact) mass is 345 g/mol. The zero-order chi connectivity index (χ0) is 18.0. The van der Waals surface area contributed by atoms with Crippen LogP contribution >= 0.6 is 0 Å². The maximum Gasteiger partial charge on any atom is 0.256 e. The topological polar surface area (TPSA) is 54.5 Å². The van der Waals surface area contributed by atoms with E-state index in [1.54, 1.807) is 7.11 Å². The van der Waals surface area contributed by atoms with Crippen LogP contribution in [0, 0.1) is 5.92 Å². The van der Waals surface area contributed by atoms with Crippen molar-refractivity contribution in [2.24, 2.45) is 5.92 Å². The molecule has 0 saturated heterocycles. The van der Waals surface area contributed by atoms with Crippen LogP contribution in [-0.2, 0) is 13.1 Å². The van der Waals surface area contributed by atoms with Crippen molar-refractivity contribution in [3.8, 4) is 5.88 Å². The normalized spacial score (nSPS) is 18.9. The van der Waals surface area contributed by atoms with E-state index < -0.39 is 0 Å². The van der Waals surface area contributed by atoms with Crippen LogP contribution in [0.1, 0.15) is 74.5 Å². The van der Waals surface area contributed by atoms with Gasteiger partial charge in [-0.1, -0.05) is 26.7 Å². The van der Waals surface area contributed by atoms with Crippen molar-refractivity contribution < 1.29 is 9.53 Å². The fourth-order valence-electron chi connectivity index (χ4n) is 4.16. The van der Waals surface area contributed by atoms with Gasteiger partial charge >= 0.3 is 0 Å². The molecule has 0 aromatic carbocycles. The van der Waals surface area contributed by atoms with Gasteiger partial charge in [-0.15, -0.1) is 0 Å². The molecule has 1 atom stereocenters. The van der Waals surface area contributed by atoms with Crippen molar-refractivity contribution in [3.63, 3.8) is 0 Å². The molecule has 1 fully saturated rings. The minimum Gasteiger partial charge on any atom is -0.481 e. The Morgan fingerprint density at radius 1 is 1.32 bits per heavy atom. The minimum atomic E-state index is 0.147. The van der Waals surface area contributed by atoms with E-state index in [1.165, 1.54) is 12.8 Å². The van der Waals surface area contributed by atoms with E-state index in [0.29, 0.717) is 37.0 Å². The molecule has 1 aromatic heterocycles. The summed E-state index contributed by atoms with van der Waals surface area (Å²) in [5.74, 6) is 1.45. The number of carbonyl (C=O) groups excluding carboxylic acids is 1. The van der Waals surface area contributed by atoms with Crippen LogP contribution in [0.4, 0.5) is 0 Å². The SMILES string of the molecule is COc1nc2c(cc1CN[C@@H](C)CC(C)C)C(=O)N(C1CCCC1)C2. The van der Waals surface area contributed by atoms with E-state index in [2.05, 4.69) is 31.1 Å². The Kier molecular flexibility index (Phi) is 5.62. The lowest BCUT2D eigenvalue weighted by atomic mass is 10.0. The van der Waals surface area contributed by atoms with Crippen LogP contribution in [0.25, 0.3) is 0 Å². The van der Waals surface area contributed by atoms with Crippen LogP contribution in [0.15, 0.2) is 6.07 Å². The summed E-state index contributed by atoms with van der Waals surface area (Å²) < 4.78 is 5.50. The number of hydrogen-bond donors (Lipinski definition) is 1. The lowest BCUT2D eigenvalue weighted by Crippen LogP contribution is -2.33. The van der Waals surface area contributed by atoms with Gasteiger partial charge in [-0.25, -0.2) is 4.98 Å². The molecule has 0 unspecified atom stereocenters. The highest BCUT2D eigenvalue weighted by Crippen LogP contribution is 2.33. The van der Waals surface area contributed by atoms with Crippen molar-refractivity contribution >= 4 is 5.91 Å². The first-order valence-electron chi connectivity index (χ1n) is 9.60. The van der Waals surface area contributed by atoms with Crippen LogP contribution in [-0.4, -0.2) is 35.0 Å². The Morgan fingerprint density at radius 2 is 2.04 bits per heavy atom. The van der Waals surface area contributed by atoms with Crippen molar-refractivity contribution in [2.75, 3.05) is 7.11 Å². The van der Waals surface area contributed by atoms with Gasteiger partial charge in [-0.2, -0.15) is 0 Å². The molecule has 0 spiro atoms. The fourth-order valence-corrected chi connectivity index (χ4v) is 4.16. The van der Waals surface area contributed by atoms with Gasteiger partial charge in [0, 0.05) is 24.2 Å². The number of fused-ring (bicyclic) bond motifs is 1. The van der Waals surface area contributed by atoms with Crippen molar-refractivity contribution in [1.82, 2.24) is 15.2 Å². The van der Waals surface area contributed by atoms with Crippen LogP contribution in [0.5, 0.6) is 5.88 Å². The number of hydrogen-bond acceptors (Lipinski definition) is 4. The summed E-state index contributed by atoms with van der Waals surface area (Å²) in [7, 11) is 1.65. The zero-order valence-corrected chi connectivity index (χ0v) is 16.0. The highest BCUT2D eigenvalue weighted by atomic mass is 16.5. The summed E-state index contributed by atoms with van der Waals surface area (Å²) in [6.07, 6.45) is 5.82. The molecule has 1 aliphatic heterocycles. The summed E-state index contributed by atoms with van der Waals surface area (Å²) in [5.41, 5.74) is 2.60. The third-order valence-corrected chi connectivity index (χ3v) is 5.38. The van der Waals surface area contributed by atoms with E-state index in [0.717, 1.165) is 36.1 Å². The Balaban J connectivity index is 1.75. The zero-order valence-electron chi connectivity index (χ0n) is 16.0. The van der Waals surface area contributed by atoms with Gasteiger partial charge in [-0.3, -0.25) is 4.79 Å². The molecule has 3 rings (SSSR count). The van der Waals surface area contributed by atoms with E-state index in [1.807, 2.05) is 11.0 Å². The maximum atomic E-state index is 12.8. The molecule has 25 heavy (non-hydrogen) atoms. The van der Waals surface area contributed by atoms with Gasteiger partial charge in [0.15, 0.2) is 0 Å². The molecule has 138 valence electrons. The summed E-state index contributed by atoms with van der Waals surface area (Å²) in [4.78, 5) is 19.5. The summed E-state index contributed by atoms with van der Waals surface area (Å²) in [6, 6.07) is 2.80. The molecular formula is C20H31N3O2. The van der Waals surface area contributed by atoms with E-state index in [4.69, 9.17) is 4.74 Å². The Bertz CT molecular complexity index is 624. The molecule has 5 nitrogen and oxygen atoms in total. The second-order valence-electron chi connectivity index (χ2n) is 7.93. The van der Waals surface area contributed by atoms with E-state index in [-0.39, 0.29) is 5.91 Å². The van der Waals surface area contributed by atoms with Crippen LogP contribution in [0.3, 0.4) is 0 Å². The molecule has 5 heteroatoms. The molecule has 1 aromatic rings. The minimum absolute atomic E-state index is 0.147. The van der Waals surface area contributed by atoms with Crippen molar-refractivity contribution in [1.29, 1.82) is 0 Å². The van der Waals surface area contributed by atoms with Gasteiger partial charge in [0.1, 0.15) is 0 Å². The van der Waals surface area contributed by atoms with Crippen molar-refractivity contribution in [3.05, 3.63) is 22.9 Å². The van der Waals surface area contributed by atoms with Gasteiger partial charge in [0.05, 0.1) is 24.9 Å². The highest BCUT2D eigenvalue weighted by molar-refractivity contribution is 5.98. The average molecular weight is 345 g/mol. The summed E-state index contributed by atoms with van der Waals surface area (Å²) in [5, 5.41) is 3.53. The average Bonchev–Trinajstić information content (AvgIpc) is 3.20. The third kappa shape index (κ3) is 3.97. The second kappa shape index (κ2) is 7.73.